The van der Waals surface area contributed by atoms with Crippen molar-refractivity contribution in [1.82, 2.24) is 19.5 Å². The molecule has 144 valence electrons. The number of rotatable bonds is 2. The molecule has 0 saturated carbocycles. The minimum atomic E-state index is -0.00528. The minimum absolute atomic E-state index is 0.00528. The van der Waals surface area contributed by atoms with Crippen molar-refractivity contribution in [3.05, 3.63) is 47.1 Å². The van der Waals surface area contributed by atoms with Crippen LogP contribution in [0, 0.1) is 0 Å². The average molecular weight is 400 g/mol. The Balaban J connectivity index is 1.34. The lowest BCUT2D eigenvalue weighted by atomic mass is 10.1. The monoisotopic (exact) mass is 399 g/mol. The van der Waals surface area contributed by atoms with Crippen molar-refractivity contribution < 1.29 is 14.3 Å². The summed E-state index contributed by atoms with van der Waals surface area (Å²) >= 11 is 6.12. The molecule has 9 heteroatoms. The van der Waals surface area contributed by atoms with Crippen LogP contribution in [0.4, 0.5) is 5.95 Å². The SMILES string of the molecule is O=C(c1ccc2c(c1)OCO2)N1CCCN(c2nnc3ccc(Cl)cn23)CC1. The second-order valence-electron chi connectivity index (χ2n) is 6.78. The normalized spacial score (nSPS) is 16.5. The van der Waals surface area contributed by atoms with Gasteiger partial charge in [-0.2, -0.15) is 0 Å². The molecule has 2 aliphatic rings. The van der Waals surface area contributed by atoms with Crippen LogP contribution in [0.1, 0.15) is 16.8 Å². The second-order valence-corrected chi connectivity index (χ2v) is 7.21. The van der Waals surface area contributed by atoms with Crippen LogP contribution < -0.4 is 14.4 Å². The first-order valence-corrected chi connectivity index (χ1v) is 9.51. The van der Waals surface area contributed by atoms with Crippen LogP contribution in [-0.4, -0.2) is 58.4 Å². The van der Waals surface area contributed by atoms with Gasteiger partial charge >= 0.3 is 0 Å². The van der Waals surface area contributed by atoms with E-state index in [9.17, 15) is 4.79 Å². The van der Waals surface area contributed by atoms with Crippen molar-refractivity contribution in [3.8, 4) is 11.5 Å². The zero-order valence-corrected chi connectivity index (χ0v) is 15.8. The zero-order valence-electron chi connectivity index (χ0n) is 15.0. The Morgan fingerprint density at radius 2 is 1.89 bits per heavy atom. The van der Waals surface area contributed by atoms with E-state index < -0.39 is 0 Å². The van der Waals surface area contributed by atoms with E-state index in [1.54, 1.807) is 24.3 Å². The fourth-order valence-corrected chi connectivity index (χ4v) is 3.76. The molecule has 5 rings (SSSR count). The first-order chi connectivity index (χ1) is 13.7. The van der Waals surface area contributed by atoms with Gasteiger partial charge < -0.3 is 19.3 Å². The van der Waals surface area contributed by atoms with Gasteiger partial charge in [-0.05, 0) is 36.8 Å². The van der Waals surface area contributed by atoms with Crippen LogP contribution in [0.5, 0.6) is 11.5 Å². The molecule has 0 unspecified atom stereocenters. The maximum absolute atomic E-state index is 13.0. The van der Waals surface area contributed by atoms with Crippen LogP contribution >= 0.6 is 11.6 Å². The number of anilines is 1. The molecule has 28 heavy (non-hydrogen) atoms. The number of ether oxygens (including phenoxy) is 2. The average Bonchev–Trinajstić information content (AvgIpc) is 3.27. The molecule has 3 aromatic rings. The zero-order chi connectivity index (χ0) is 19.1. The Hall–Kier alpha value is -3.00. The fraction of sp³-hybridized carbons (Fsp3) is 0.316. The van der Waals surface area contributed by atoms with E-state index in [4.69, 9.17) is 21.1 Å². The first-order valence-electron chi connectivity index (χ1n) is 9.13. The van der Waals surface area contributed by atoms with Gasteiger partial charge in [0, 0.05) is 37.9 Å². The van der Waals surface area contributed by atoms with E-state index in [1.807, 2.05) is 21.6 Å². The standard InChI is InChI=1S/C19H18ClN5O3/c20-14-3-5-17-21-22-19(25(17)11-14)24-7-1-6-23(8-9-24)18(26)13-2-4-15-16(10-13)28-12-27-15/h2-5,10-11H,1,6-9,12H2. The van der Waals surface area contributed by atoms with Crippen LogP contribution in [0.15, 0.2) is 36.5 Å². The summed E-state index contributed by atoms with van der Waals surface area (Å²) < 4.78 is 12.6. The number of hydrogen-bond acceptors (Lipinski definition) is 6. The molecule has 1 fully saturated rings. The highest BCUT2D eigenvalue weighted by Gasteiger charge is 2.24. The van der Waals surface area contributed by atoms with Crippen molar-refractivity contribution in [3.63, 3.8) is 0 Å². The van der Waals surface area contributed by atoms with Gasteiger partial charge in [-0.3, -0.25) is 9.20 Å². The number of fused-ring (bicyclic) bond motifs is 2. The molecule has 2 aliphatic heterocycles. The van der Waals surface area contributed by atoms with Crippen molar-refractivity contribution in [1.29, 1.82) is 0 Å². The number of aromatic nitrogens is 3. The van der Waals surface area contributed by atoms with Gasteiger partial charge in [-0.15, -0.1) is 10.2 Å². The summed E-state index contributed by atoms with van der Waals surface area (Å²) in [6.45, 7) is 2.94. The van der Waals surface area contributed by atoms with Crippen LogP contribution in [-0.2, 0) is 0 Å². The Kier molecular flexibility index (Phi) is 4.20. The lowest BCUT2D eigenvalue weighted by Gasteiger charge is -2.22. The Bertz CT molecular complexity index is 1050. The highest BCUT2D eigenvalue weighted by Crippen LogP contribution is 2.33. The van der Waals surface area contributed by atoms with E-state index in [0.29, 0.717) is 41.7 Å². The number of amides is 1. The highest BCUT2D eigenvalue weighted by atomic mass is 35.5. The van der Waals surface area contributed by atoms with Gasteiger partial charge in [0.1, 0.15) is 0 Å². The number of halogens is 1. The van der Waals surface area contributed by atoms with E-state index in [2.05, 4.69) is 15.1 Å². The van der Waals surface area contributed by atoms with Gasteiger partial charge in [0.2, 0.25) is 12.7 Å². The predicted octanol–water partition coefficient (Wildman–Crippen LogP) is 2.46. The smallest absolute Gasteiger partial charge is 0.254 e. The molecule has 4 heterocycles. The van der Waals surface area contributed by atoms with Crippen molar-refractivity contribution in [2.75, 3.05) is 37.9 Å². The summed E-state index contributed by atoms with van der Waals surface area (Å²) in [5, 5.41) is 9.15. The summed E-state index contributed by atoms with van der Waals surface area (Å²) in [7, 11) is 0. The van der Waals surface area contributed by atoms with Crippen molar-refractivity contribution >= 4 is 29.1 Å². The first kappa shape index (κ1) is 17.1. The molecule has 1 saturated heterocycles. The third-order valence-electron chi connectivity index (χ3n) is 5.03. The van der Waals surface area contributed by atoms with Crippen LogP contribution in [0.2, 0.25) is 5.02 Å². The van der Waals surface area contributed by atoms with E-state index in [-0.39, 0.29) is 12.7 Å². The number of pyridine rings is 1. The number of carbonyl (C=O) groups is 1. The lowest BCUT2D eigenvalue weighted by molar-refractivity contribution is 0.0766. The van der Waals surface area contributed by atoms with Crippen LogP contribution in [0.3, 0.4) is 0 Å². The Morgan fingerprint density at radius 1 is 1.00 bits per heavy atom. The van der Waals surface area contributed by atoms with Gasteiger partial charge in [-0.1, -0.05) is 11.6 Å². The third kappa shape index (κ3) is 2.99. The van der Waals surface area contributed by atoms with Gasteiger partial charge in [-0.25, -0.2) is 0 Å². The predicted molar refractivity (Wildman–Crippen MR) is 103 cm³/mol. The molecule has 1 aromatic carbocycles. The van der Waals surface area contributed by atoms with Gasteiger partial charge in [0.25, 0.3) is 5.91 Å². The van der Waals surface area contributed by atoms with Gasteiger partial charge in [0.15, 0.2) is 17.1 Å². The fourth-order valence-electron chi connectivity index (χ4n) is 3.60. The number of hydrogen-bond donors (Lipinski definition) is 0. The molecule has 1 amide bonds. The molecule has 0 atom stereocenters. The highest BCUT2D eigenvalue weighted by molar-refractivity contribution is 6.30. The van der Waals surface area contributed by atoms with Crippen molar-refractivity contribution in [2.24, 2.45) is 0 Å². The molecule has 0 N–H and O–H groups in total. The molecule has 0 bridgehead atoms. The molecule has 8 nitrogen and oxygen atoms in total. The summed E-state index contributed by atoms with van der Waals surface area (Å²) in [6, 6.07) is 8.95. The van der Waals surface area contributed by atoms with Crippen molar-refractivity contribution in [2.45, 2.75) is 6.42 Å². The largest absolute Gasteiger partial charge is 0.454 e. The number of nitrogens with zero attached hydrogens (tertiary/aromatic N) is 5. The minimum Gasteiger partial charge on any atom is -0.454 e. The molecule has 0 aliphatic carbocycles. The maximum Gasteiger partial charge on any atom is 0.254 e. The molecular formula is C19H18ClN5O3. The Labute approximate surface area is 166 Å². The third-order valence-corrected chi connectivity index (χ3v) is 5.26. The molecule has 0 spiro atoms. The second kappa shape index (κ2) is 6.87. The van der Waals surface area contributed by atoms with E-state index >= 15 is 0 Å². The van der Waals surface area contributed by atoms with Gasteiger partial charge in [0.05, 0.1) is 5.02 Å². The lowest BCUT2D eigenvalue weighted by Crippen LogP contribution is -2.35. The van der Waals surface area contributed by atoms with E-state index in [0.717, 1.165) is 24.6 Å². The molecule has 2 aromatic heterocycles. The van der Waals surface area contributed by atoms with E-state index in [1.165, 1.54) is 0 Å². The van der Waals surface area contributed by atoms with Crippen LogP contribution in [0.25, 0.3) is 5.65 Å². The number of carbonyl (C=O) groups excluding carboxylic acids is 1. The summed E-state index contributed by atoms with van der Waals surface area (Å²) in [6.07, 6.45) is 2.65. The maximum atomic E-state index is 13.0. The quantitative estimate of drug-likeness (QED) is 0.659. The molecular weight excluding hydrogens is 382 g/mol. The molecule has 0 radical (unpaired) electrons. The summed E-state index contributed by atoms with van der Waals surface area (Å²) in [4.78, 5) is 17.0. The Morgan fingerprint density at radius 3 is 2.82 bits per heavy atom. The topological polar surface area (TPSA) is 72.2 Å². The number of benzene rings is 1. The summed E-state index contributed by atoms with van der Waals surface area (Å²) in [5.74, 6) is 2.04. The summed E-state index contributed by atoms with van der Waals surface area (Å²) in [5.41, 5.74) is 1.36.